The van der Waals surface area contributed by atoms with Crippen LogP contribution in [0.4, 0.5) is 0 Å². The van der Waals surface area contributed by atoms with Gasteiger partial charge in [-0.2, -0.15) is 0 Å². The molecular formula is C19H24N4O3. The largest absolute Gasteiger partial charge is 0.488 e. The molecule has 0 spiro atoms. The van der Waals surface area contributed by atoms with Gasteiger partial charge in [0.2, 0.25) is 0 Å². The summed E-state index contributed by atoms with van der Waals surface area (Å²) in [5.74, 6) is 0.529. The first-order valence-electron chi connectivity index (χ1n) is 9.15. The predicted octanol–water partition coefficient (Wildman–Crippen LogP) is 1.18. The van der Waals surface area contributed by atoms with Crippen LogP contribution in [0.15, 0.2) is 42.9 Å². The lowest BCUT2D eigenvalue weighted by molar-refractivity contribution is 0.0139. The Morgan fingerprint density at radius 3 is 2.73 bits per heavy atom. The zero-order valence-corrected chi connectivity index (χ0v) is 14.5. The number of hydrogen-bond donors (Lipinski definition) is 3. The van der Waals surface area contributed by atoms with Gasteiger partial charge >= 0.3 is 0 Å². The highest BCUT2D eigenvalue weighted by atomic mass is 16.5. The number of H-pyrrole nitrogens is 1. The van der Waals surface area contributed by atoms with Crippen LogP contribution in [0.2, 0.25) is 0 Å². The number of carbonyl (C=O) groups is 1. The van der Waals surface area contributed by atoms with Gasteiger partial charge in [-0.05, 0) is 38.1 Å². The summed E-state index contributed by atoms with van der Waals surface area (Å²) in [7, 11) is 0. The summed E-state index contributed by atoms with van der Waals surface area (Å²) in [5.41, 5.74) is 0.423. The van der Waals surface area contributed by atoms with Crippen LogP contribution in [0.5, 0.6) is 5.75 Å². The Morgan fingerprint density at radius 2 is 2.04 bits per heavy atom. The van der Waals surface area contributed by atoms with Crippen molar-refractivity contribution in [2.24, 2.45) is 0 Å². The Hall–Kier alpha value is -2.38. The van der Waals surface area contributed by atoms with Crippen LogP contribution in [0, 0.1) is 0 Å². The van der Waals surface area contributed by atoms with Crippen molar-refractivity contribution in [1.29, 1.82) is 0 Å². The van der Waals surface area contributed by atoms with Crippen LogP contribution in [0.1, 0.15) is 29.8 Å². The molecule has 7 heteroatoms. The highest BCUT2D eigenvalue weighted by Crippen LogP contribution is 2.31. The van der Waals surface area contributed by atoms with Crippen molar-refractivity contribution in [3.05, 3.63) is 48.5 Å². The minimum Gasteiger partial charge on any atom is -0.488 e. The Kier molecular flexibility index (Phi) is 4.90. The fourth-order valence-electron chi connectivity index (χ4n) is 4.06. The molecule has 4 rings (SSSR count). The van der Waals surface area contributed by atoms with E-state index in [0.717, 1.165) is 31.7 Å². The van der Waals surface area contributed by atoms with Gasteiger partial charge in [-0.25, -0.2) is 4.98 Å². The first kappa shape index (κ1) is 17.1. The van der Waals surface area contributed by atoms with Crippen molar-refractivity contribution in [2.75, 3.05) is 13.1 Å². The number of nitrogens with one attached hydrogen (secondary N) is 2. The smallest absolute Gasteiger partial charge is 0.269 e. The number of imidazole rings is 1. The Morgan fingerprint density at radius 1 is 1.27 bits per heavy atom. The van der Waals surface area contributed by atoms with Gasteiger partial charge in [-0.1, -0.05) is 18.2 Å². The maximum atomic E-state index is 12.5. The fourth-order valence-corrected chi connectivity index (χ4v) is 4.06. The molecule has 0 bridgehead atoms. The molecule has 4 atom stereocenters. The van der Waals surface area contributed by atoms with Crippen LogP contribution in [-0.4, -0.2) is 63.3 Å². The number of aromatic nitrogens is 2. The van der Waals surface area contributed by atoms with Crippen molar-refractivity contribution in [3.8, 4) is 5.75 Å². The number of nitrogens with zero attached hydrogens (tertiary/aromatic N) is 2. The monoisotopic (exact) mass is 356 g/mol. The molecule has 3 N–H and O–H groups in total. The van der Waals surface area contributed by atoms with Gasteiger partial charge in [-0.15, -0.1) is 0 Å². The lowest BCUT2D eigenvalue weighted by atomic mass is 10.1. The quantitative estimate of drug-likeness (QED) is 0.749. The molecule has 2 heterocycles. The zero-order valence-electron chi connectivity index (χ0n) is 14.5. The Labute approximate surface area is 152 Å². The highest BCUT2D eigenvalue weighted by molar-refractivity contribution is 5.92. The van der Waals surface area contributed by atoms with Crippen molar-refractivity contribution in [3.63, 3.8) is 0 Å². The molecule has 2 aromatic rings. The third-order valence-electron chi connectivity index (χ3n) is 5.28. The molecule has 1 aromatic carbocycles. The topological polar surface area (TPSA) is 90.5 Å². The second kappa shape index (κ2) is 7.47. The van der Waals surface area contributed by atoms with E-state index in [1.165, 1.54) is 12.5 Å². The summed E-state index contributed by atoms with van der Waals surface area (Å²) < 4.78 is 6.03. The minimum absolute atomic E-state index is 0.141. The van der Waals surface area contributed by atoms with E-state index in [0.29, 0.717) is 12.1 Å². The van der Waals surface area contributed by atoms with Crippen LogP contribution in [-0.2, 0) is 0 Å². The molecule has 26 heavy (non-hydrogen) atoms. The summed E-state index contributed by atoms with van der Waals surface area (Å²) in [5, 5.41) is 14.0. The van der Waals surface area contributed by atoms with Gasteiger partial charge in [0.05, 0.1) is 24.6 Å². The highest BCUT2D eigenvalue weighted by Gasteiger charge is 2.47. The summed E-state index contributed by atoms with van der Waals surface area (Å²) >= 11 is 0. The average Bonchev–Trinajstić information content (AvgIpc) is 3.39. The molecule has 1 aliphatic heterocycles. The van der Waals surface area contributed by atoms with E-state index in [1.807, 2.05) is 30.3 Å². The first-order valence-corrected chi connectivity index (χ1v) is 9.15. The number of amides is 1. The van der Waals surface area contributed by atoms with Crippen LogP contribution >= 0.6 is 0 Å². The number of rotatable bonds is 5. The van der Waals surface area contributed by atoms with Crippen molar-refractivity contribution < 1.29 is 14.6 Å². The molecule has 7 nitrogen and oxygen atoms in total. The Bertz CT molecular complexity index is 716. The van der Waals surface area contributed by atoms with Gasteiger partial charge in [0.25, 0.3) is 5.91 Å². The standard InChI is InChI=1S/C19H24N4O3/c24-18-16(26-13-6-2-1-3-7-13)10-14(17(18)23-8-4-5-9-23)22-19(25)15-11-20-12-21-15/h1-3,6-7,11-12,14,16-18,24H,4-5,8-10H2,(H,20,21)(H,22,25)/t14-,16-,17+,18+/m1/s1. The molecule has 1 saturated carbocycles. The normalized spacial score (nSPS) is 29.0. The molecule has 1 amide bonds. The van der Waals surface area contributed by atoms with Crippen molar-refractivity contribution >= 4 is 5.91 Å². The minimum atomic E-state index is -0.652. The van der Waals surface area contributed by atoms with E-state index in [1.54, 1.807) is 0 Å². The Balaban J connectivity index is 1.51. The molecular weight excluding hydrogens is 332 g/mol. The predicted molar refractivity (Wildman–Crippen MR) is 95.9 cm³/mol. The van der Waals surface area contributed by atoms with Crippen LogP contribution in [0.25, 0.3) is 0 Å². The lowest BCUT2D eigenvalue weighted by Crippen LogP contribution is -2.52. The number of benzene rings is 1. The number of hydrogen-bond acceptors (Lipinski definition) is 5. The van der Waals surface area contributed by atoms with Gasteiger partial charge < -0.3 is 20.1 Å². The number of aliphatic hydroxyl groups excluding tert-OH is 1. The third kappa shape index (κ3) is 3.45. The number of para-hydroxylation sites is 1. The number of aromatic amines is 1. The number of aliphatic hydroxyl groups is 1. The molecule has 0 radical (unpaired) electrons. The maximum Gasteiger partial charge on any atom is 0.269 e. The van der Waals surface area contributed by atoms with Crippen LogP contribution in [0.3, 0.4) is 0 Å². The summed E-state index contributed by atoms with van der Waals surface area (Å²) in [6.07, 6.45) is 4.79. The van der Waals surface area contributed by atoms with E-state index in [-0.39, 0.29) is 24.1 Å². The number of carbonyl (C=O) groups excluding carboxylic acids is 1. The molecule has 1 saturated heterocycles. The molecule has 1 aliphatic carbocycles. The molecule has 2 fully saturated rings. The summed E-state index contributed by atoms with van der Waals surface area (Å²) in [6.45, 7) is 1.88. The fraction of sp³-hybridized carbons (Fsp3) is 0.474. The van der Waals surface area contributed by atoms with Gasteiger partial charge in [0.15, 0.2) is 0 Å². The van der Waals surface area contributed by atoms with Crippen molar-refractivity contribution in [1.82, 2.24) is 20.2 Å². The van der Waals surface area contributed by atoms with E-state index in [4.69, 9.17) is 4.74 Å². The number of likely N-dealkylation sites (tertiary alicyclic amines) is 1. The summed E-state index contributed by atoms with van der Waals surface area (Å²) in [4.78, 5) is 21.5. The van der Waals surface area contributed by atoms with Crippen molar-refractivity contribution in [2.45, 2.75) is 43.6 Å². The average molecular weight is 356 g/mol. The second-order valence-electron chi connectivity index (χ2n) is 6.97. The molecule has 1 aromatic heterocycles. The number of ether oxygens (including phenoxy) is 1. The maximum absolute atomic E-state index is 12.5. The van der Waals surface area contributed by atoms with E-state index in [9.17, 15) is 9.90 Å². The SMILES string of the molecule is O=C(N[C@@H]1C[C@@H](Oc2ccccc2)[C@H](O)[C@H]1N1CCCC1)c1cnc[nH]1. The van der Waals surface area contributed by atoms with E-state index >= 15 is 0 Å². The first-order chi connectivity index (χ1) is 12.7. The zero-order chi connectivity index (χ0) is 17.9. The molecule has 2 aliphatic rings. The molecule has 138 valence electrons. The van der Waals surface area contributed by atoms with E-state index in [2.05, 4.69) is 20.2 Å². The van der Waals surface area contributed by atoms with E-state index < -0.39 is 6.10 Å². The summed E-state index contributed by atoms with van der Waals surface area (Å²) in [6, 6.07) is 9.20. The van der Waals surface area contributed by atoms with Gasteiger partial charge in [0.1, 0.15) is 23.7 Å². The van der Waals surface area contributed by atoms with Crippen LogP contribution < -0.4 is 10.1 Å². The third-order valence-corrected chi connectivity index (χ3v) is 5.28. The molecule has 0 unspecified atom stereocenters. The lowest BCUT2D eigenvalue weighted by Gasteiger charge is -2.31. The van der Waals surface area contributed by atoms with Gasteiger partial charge in [-0.3, -0.25) is 9.69 Å². The second-order valence-corrected chi connectivity index (χ2v) is 6.97. The van der Waals surface area contributed by atoms with Gasteiger partial charge in [0, 0.05) is 6.42 Å².